The van der Waals surface area contributed by atoms with Crippen molar-refractivity contribution in [2.75, 3.05) is 4.90 Å². The van der Waals surface area contributed by atoms with Crippen LogP contribution in [0.2, 0.25) is 0 Å². The zero-order chi connectivity index (χ0) is 35.4. The number of para-hydroxylation sites is 3. The van der Waals surface area contributed by atoms with Gasteiger partial charge >= 0.3 is 0 Å². The Bertz CT molecular complexity index is 2610. The van der Waals surface area contributed by atoms with Crippen LogP contribution in [0.5, 0.6) is 17.2 Å². The summed E-state index contributed by atoms with van der Waals surface area (Å²) in [5.74, 6) is 2.48. The average Bonchev–Trinajstić information content (AvgIpc) is 3.57. The molecule has 53 heavy (non-hydrogen) atoms. The Kier molecular flexibility index (Phi) is 7.26. The van der Waals surface area contributed by atoms with E-state index in [1.54, 1.807) is 0 Å². The highest BCUT2D eigenvalue weighted by atomic mass is 16.5. The van der Waals surface area contributed by atoms with Crippen LogP contribution in [0.3, 0.4) is 0 Å². The lowest BCUT2D eigenvalue weighted by Gasteiger charge is -2.38. The van der Waals surface area contributed by atoms with Crippen LogP contribution in [-0.2, 0) is 5.60 Å². The maximum atomic E-state index is 7.51. The van der Waals surface area contributed by atoms with Gasteiger partial charge in [0.1, 0.15) is 17.2 Å². The van der Waals surface area contributed by atoms with Crippen molar-refractivity contribution < 1.29 is 9.47 Å². The summed E-state index contributed by atoms with van der Waals surface area (Å²) in [6.45, 7) is 2.24. The van der Waals surface area contributed by atoms with E-state index < -0.39 is 5.60 Å². The van der Waals surface area contributed by atoms with E-state index in [0.29, 0.717) is 0 Å². The van der Waals surface area contributed by atoms with Crippen LogP contribution in [-0.4, -0.2) is 0 Å². The van der Waals surface area contributed by atoms with E-state index in [-0.39, 0.29) is 0 Å². The predicted molar refractivity (Wildman–Crippen MR) is 218 cm³/mol. The highest BCUT2D eigenvalue weighted by Crippen LogP contribution is 2.55. The fourth-order valence-electron chi connectivity index (χ4n) is 8.18. The number of benzene rings is 8. The molecule has 0 N–H and O–H groups in total. The van der Waals surface area contributed by atoms with Crippen molar-refractivity contribution in [1.82, 2.24) is 0 Å². The van der Waals surface area contributed by atoms with Gasteiger partial charge in [0, 0.05) is 44.5 Å². The Labute approximate surface area is 309 Å². The van der Waals surface area contributed by atoms with Gasteiger partial charge in [0.2, 0.25) is 0 Å². The number of hydrogen-bond donors (Lipinski definition) is 0. The molecular formula is C50H35NO2. The third-order valence-corrected chi connectivity index (χ3v) is 10.7. The standard InChI is InChI=1S/C50H35NO2/c1-34-42-32-33-50(36-26-30-41(31-27-36)52-40-18-9-4-10-19-40,53-49(42)46-23-13-22-45-43-20-11-12-21-44(43)47(34)48(45)46)35-24-28-39(29-25-35)51(37-14-5-2-6-15-37)38-16-7-3-8-17-38/h2-33H,1H3. The van der Waals surface area contributed by atoms with Crippen molar-refractivity contribution in [2.24, 2.45) is 0 Å². The molecule has 0 spiro atoms. The van der Waals surface area contributed by atoms with Crippen molar-refractivity contribution in [1.29, 1.82) is 0 Å². The molecule has 0 saturated carbocycles. The molecule has 1 aliphatic heterocycles. The minimum absolute atomic E-state index is 0.770. The topological polar surface area (TPSA) is 21.7 Å². The molecule has 1 heterocycles. The van der Waals surface area contributed by atoms with Gasteiger partial charge in [0.15, 0.2) is 5.60 Å². The summed E-state index contributed by atoms with van der Waals surface area (Å²) in [5, 5.41) is 2.39. The molecule has 8 aromatic carbocycles. The first-order valence-corrected chi connectivity index (χ1v) is 18.1. The fourth-order valence-corrected chi connectivity index (χ4v) is 8.18. The zero-order valence-electron chi connectivity index (χ0n) is 29.2. The van der Waals surface area contributed by atoms with Crippen molar-refractivity contribution >= 4 is 33.9 Å². The van der Waals surface area contributed by atoms with E-state index in [9.17, 15) is 0 Å². The van der Waals surface area contributed by atoms with E-state index in [1.165, 1.54) is 33.2 Å². The lowest BCUT2D eigenvalue weighted by Crippen LogP contribution is -2.34. The molecule has 1 aliphatic carbocycles. The van der Waals surface area contributed by atoms with Crippen molar-refractivity contribution in [2.45, 2.75) is 12.5 Å². The van der Waals surface area contributed by atoms with Crippen LogP contribution in [0.15, 0.2) is 188 Å². The summed E-state index contributed by atoms with van der Waals surface area (Å²) in [7, 11) is 0. The number of ether oxygens (including phenoxy) is 2. The molecule has 0 saturated heterocycles. The Balaban J connectivity index is 1.13. The van der Waals surface area contributed by atoms with E-state index in [1.807, 2.05) is 42.5 Å². The summed E-state index contributed by atoms with van der Waals surface area (Å²) in [5.41, 5.74) is 11.9. The maximum Gasteiger partial charge on any atom is 0.178 e. The van der Waals surface area contributed by atoms with E-state index in [0.717, 1.165) is 56.4 Å². The molecule has 0 amide bonds. The Hall–Kier alpha value is -6.84. The average molecular weight is 682 g/mol. The number of hydrogen-bond acceptors (Lipinski definition) is 3. The molecule has 1 atom stereocenters. The normalized spacial score (nSPS) is 15.0. The molecule has 0 fully saturated rings. The molecule has 0 aromatic heterocycles. The molecular weight excluding hydrogens is 647 g/mol. The van der Waals surface area contributed by atoms with Crippen LogP contribution >= 0.6 is 0 Å². The molecule has 0 radical (unpaired) electrons. The number of fused-ring (bicyclic) bond motifs is 5. The van der Waals surface area contributed by atoms with Gasteiger partial charge in [-0.3, -0.25) is 0 Å². The van der Waals surface area contributed by atoms with Crippen LogP contribution in [0.1, 0.15) is 22.3 Å². The Morgan fingerprint density at radius 3 is 1.68 bits per heavy atom. The lowest BCUT2D eigenvalue weighted by molar-refractivity contribution is 0.163. The van der Waals surface area contributed by atoms with Crippen molar-refractivity contribution in [3.63, 3.8) is 0 Å². The number of rotatable bonds is 7. The van der Waals surface area contributed by atoms with Gasteiger partial charge in [-0.1, -0.05) is 127 Å². The zero-order valence-corrected chi connectivity index (χ0v) is 29.2. The highest BCUT2D eigenvalue weighted by Gasteiger charge is 2.40. The molecule has 252 valence electrons. The minimum atomic E-state index is -0.904. The predicted octanol–water partition coefficient (Wildman–Crippen LogP) is 13.4. The van der Waals surface area contributed by atoms with E-state index >= 15 is 0 Å². The molecule has 8 aromatic rings. The Morgan fingerprint density at radius 1 is 0.491 bits per heavy atom. The van der Waals surface area contributed by atoms with Gasteiger partial charge in [-0.15, -0.1) is 0 Å². The van der Waals surface area contributed by atoms with Crippen LogP contribution < -0.4 is 14.4 Å². The van der Waals surface area contributed by atoms with Gasteiger partial charge in [-0.05, 0) is 101 Å². The summed E-state index contributed by atoms with van der Waals surface area (Å²) in [6, 6.07) is 63.4. The minimum Gasteiger partial charge on any atom is -0.472 e. The number of nitrogens with zero attached hydrogens (tertiary/aromatic N) is 1. The third-order valence-electron chi connectivity index (χ3n) is 10.7. The largest absolute Gasteiger partial charge is 0.472 e. The first kappa shape index (κ1) is 30.9. The summed E-state index contributed by atoms with van der Waals surface area (Å²) in [4.78, 5) is 2.28. The molecule has 1 unspecified atom stereocenters. The number of anilines is 3. The van der Waals surface area contributed by atoms with Crippen molar-refractivity contribution in [3.05, 3.63) is 210 Å². The molecule has 2 aliphatic rings. The highest BCUT2D eigenvalue weighted by molar-refractivity contribution is 6.19. The van der Waals surface area contributed by atoms with Gasteiger partial charge in [-0.25, -0.2) is 0 Å². The van der Waals surface area contributed by atoms with Gasteiger partial charge in [0.25, 0.3) is 0 Å². The quantitative estimate of drug-likeness (QED) is 0.167. The van der Waals surface area contributed by atoms with Crippen LogP contribution in [0.25, 0.3) is 39.1 Å². The van der Waals surface area contributed by atoms with Gasteiger partial charge in [-0.2, -0.15) is 0 Å². The van der Waals surface area contributed by atoms with Gasteiger partial charge in [0.05, 0.1) is 0 Å². The second-order valence-electron chi connectivity index (χ2n) is 13.7. The summed E-state index contributed by atoms with van der Waals surface area (Å²) in [6.07, 6.45) is 4.51. The second kappa shape index (κ2) is 12.4. The van der Waals surface area contributed by atoms with Crippen LogP contribution in [0, 0.1) is 6.92 Å². The fraction of sp³-hybridized carbons (Fsp3) is 0.0400. The first-order valence-electron chi connectivity index (χ1n) is 18.1. The van der Waals surface area contributed by atoms with Crippen LogP contribution in [0.4, 0.5) is 17.1 Å². The summed E-state index contributed by atoms with van der Waals surface area (Å²) < 4.78 is 13.7. The molecule has 10 rings (SSSR count). The lowest BCUT2D eigenvalue weighted by atomic mass is 9.82. The van der Waals surface area contributed by atoms with E-state index in [2.05, 4.69) is 164 Å². The SMILES string of the molecule is Cc1c2c(c3cccc4c3c1-c1ccccc1-4)OC(c1ccc(Oc3ccccc3)cc1)(c1ccc(N(c3ccccc3)c3ccccc3)cc1)C=C2. The third kappa shape index (κ3) is 5.04. The molecule has 3 nitrogen and oxygen atoms in total. The van der Waals surface area contributed by atoms with Crippen molar-refractivity contribution in [3.8, 4) is 39.5 Å². The second-order valence-corrected chi connectivity index (χ2v) is 13.7. The van der Waals surface area contributed by atoms with Gasteiger partial charge < -0.3 is 14.4 Å². The molecule has 3 heteroatoms. The summed E-state index contributed by atoms with van der Waals surface area (Å²) >= 11 is 0. The Morgan fingerprint density at radius 2 is 1.02 bits per heavy atom. The monoisotopic (exact) mass is 681 g/mol. The maximum absolute atomic E-state index is 7.51. The first-order chi connectivity index (χ1) is 26.2. The molecule has 0 bridgehead atoms. The van der Waals surface area contributed by atoms with E-state index in [4.69, 9.17) is 9.47 Å². The smallest absolute Gasteiger partial charge is 0.178 e.